The Kier molecular flexibility index (Phi) is 6.01. The van der Waals surface area contributed by atoms with E-state index in [1.165, 1.54) is 17.3 Å². The van der Waals surface area contributed by atoms with Crippen LogP contribution in [0.15, 0.2) is 34.5 Å². The molecule has 128 valence electrons. The first-order chi connectivity index (χ1) is 11.7. The lowest BCUT2D eigenvalue weighted by molar-refractivity contribution is -0.116. The Morgan fingerprint density at radius 1 is 1.25 bits per heavy atom. The van der Waals surface area contributed by atoms with Crippen molar-refractivity contribution in [2.45, 2.75) is 13.5 Å². The maximum Gasteiger partial charge on any atom is 0.236 e. The molecular formula is C17H23N5OS. The number of rotatable bonds is 5. The van der Waals surface area contributed by atoms with Gasteiger partial charge in [0.1, 0.15) is 0 Å². The van der Waals surface area contributed by atoms with Gasteiger partial charge in [-0.3, -0.25) is 9.69 Å². The minimum Gasteiger partial charge on any atom is -0.303 e. The van der Waals surface area contributed by atoms with Crippen molar-refractivity contribution in [3.8, 4) is 0 Å². The fourth-order valence-corrected chi connectivity index (χ4v) is 3.45. The summed E-state index contributed by atoms with van der Waals surface area (Å²) in [4.78, 5) is 16.1. The van der Waals surface area contributed by atoms with E-state index in [2.05, 4.69) is 50.4 Å². The van der Waals surface area contributed by atoms with Crippen LogP contribution in [0.3, 0.4) is 0 Å². The van der Waals surface area contributed by atoms with Crippen molar-refractivity contribution in [2.24, 2.45) is 10.2 Å². The molecule has 1 aromatic rings. The summed E-state index contributed by atoms with van der Waals surface area (Å²) in [5.41, 5.74) is 2.32. The third kappa shape index (κ3) is 4.90. The van der Waals surface area contributed by atoms with E-state index in [1.54, 1.807) is 6.21 Å². The Labute approximate surface area is 147 Å². The Morgan fingerprint density at radius 2 is 2.04 bits per heavy atom. The van der Waals surface area contributed by atoms with E-state index in [-0.39, 0.29) is 5.91 Å². The van der Waals surface area contributed by atoms with Crippen LogP contribution in [0.5, 0.6) is 0 Å². The molecule has 6 nitrogen and oxygen atoms in total. The van der Waals surface area contributed by atoms with Gasteiger partial charge in [-0.25, -0.2) is 0 Å². The third-order valence-corrected chi connectivity index (χ3v) is 5.07. The molecule has 0 aliphatic carbocycles. The summed E-state index contributed by atoms with van der Waals surface area (Å²) in [5, 5.41) is 11.3. The highest BCUT2D eigenvalue weighted by Crippen LogP contribution is 2.11. The Hall–Kier alpha value is -1.70. The second-order valence-electron chi connectivity index (χ2n) is 5.94. The first kappa shape index (κ1) is 17.1. The quantitative estimate of drug-likeness (QED) is 0.647. The van der Waals surface area contributed by atoms with Gasteiger partial charge in [0.25, 0.3) is 0 Å². The predicted octanol–water partition coefficient (Wildman–Crippen LogP) is 1.38. The Balaban J connectivity index is 1.55. The molecule has 0 bridgehead atoms. The van der Waals surface area contributed by atoms with Gasteiger partial charge >= 0.3 is 0 Å². The summed E-state index contributed by atoms with van der Waals surface area (Å²) in [6.07, 6.45) is 1.73. The molecular weight excluding hydrogens is 322 g/mol. The van der Waals surface area contributed by atoms with E-state index in [0.717, 1.165) is 44.8 Å². The van der Waals surface area contributed by atoms with Gasteiger partial charge in [-0.2, -0.15) is 5.10 Å². The fourth-order valence-electron chi connectivity index (χ4n) is 2.82. The van der Waals surface area contributed by atoms with Gasteiger partial charge in [-0.05, 0) is 23.7 Å². The molecule has 1 N–H and O–H groups in total. The van der Waals surface area contributed by atoms with Crippen LogP contribution >= 0.6 is 11.8 Å². The molecule has 7 heteroatoms. The molecule has 0 aromatic heterocycles. The summed E-state index contributed by atoms with van der Waals surface area (Å²) in [7, 11) is 0. The number of nitrogens with zero attached hydrogens (tertiary/aromatic N) is 4. The van der Waals surface area contributed by atoms with Crippen LogP contribution < -0.4 is 5.32 Å². The molecule has 2 saturated heterocycles. The highest BCUT2D eigenvalue weighted by molar-refractivity contribution is 8.15. The molecule has 0 atom stereocenters. The highest BCUT2D eigenvalue weighted by Gasteiger charge is 2.16. The molecule has 0 radical (unpaired) electrons. The monoisotopic (exact) mass is 345 g/mol. The number of likely N-dealkylation sites (N-methyl/N-ethyl adjacent to an activating group) is 1. The summed E-state index contributed by atoms with van der Waals surface area (Å²) in [5.74, 6) is 0.411. The number of thioether (sulfide) groups is 1. The van der Waals surface area contributed by atoms with Crippen molar-refractivity contribution in [1.82, 2.24) is 15.1 Å². The van der Waals surface area contributed by atoms with Gasteiger partial charge in [0, 0.05) is 32.7 Å². The first-order valence-corrected chi connectivity index (χ1v) is 9.29. The molecule has 1 aromatic carbocycles. The van der Waals surface area contributed by atoms with Crippen molar-refractivity contribution in [1.29, 1.82) is 0 Å². The third-order valence-electron chi connectivity index (χ3n) is 4.21. The molecule has 0 unspecified atom stereocenters. The molecule has 2 aliphatic heterocycles. The smallest absolute Gasteiger partial charge is 0.236 e. The van der Waals surface area contributed by atoms with Crippen LogP contribution in [-0.2, 0) is 11.3 Å². The van der Waals surface area contributed by atoms with Gasteiger partial charge in [-0.15, -0.1) is 5.10 Å². The van der Waals surface area contributed by atoms with Crippen molar-refractivity contribution < 1.29 is 4.79 Å². The zero-order valence-electron chi connectivity index (χ0n) is 13.9. The van der Waals surface area contributed by atoms with Crippen LogP contribution in [0.25, 0.3) is 0 Å². The average molecular weight is 345 g/mol. The largest absolute Gasteiger partial charge is 0.303 e. The lowest BCUT2D eigenvalue weighted by Gasteiger charge is -2.34. The second kappa shape index (κ2) is 8.41. The summed E-state index contributed by atoms with van der Waals surface area (Å²) in [6.45, 7) is 8.88. The van der Waals surface area contributed by atoms with Crippen LogP contribution in [0, 0.1) is 0 Å². The number of hydrogen-bond acceptors (Lipinski definition) is 6. The maximum atomic E-state index is 11.1. The lowest BCUT2D eigenvalue weighted by Crippen LogP contribution is -2.45. The number of carbonyl (C=O) groups excluding carboxylic acids is 1. The summed E-state index contributed by atoms with van der Waals surface area (Å²) >= 11 is 1.38. The molecule has 1 amide bonds. The van der Waals surface area contributed by atoms with E-state index in [1.807, 2.05) is 6.07 Å². The van der Waals surface area contributed by atoms with Gasteiger partial charge in [0.2, 0.25) is 5.91 Å². The number of carbonyl (C=O) groups is 1. The van der Waals surface area contributed by atoms with Gasteiger partial charge in [0.05, 0.1) is 12.0 Å². The molecule has 2 heterocycles. The normalized spacial score (nSPS) is 21.7. The van der Waals surface area contributed by atoms with Crippen LogP contribution in [0.1, 0.15) is 18.1 Å². The van der Waals surface area contributed by atoms with Gasteiger partial charge in [-0.1, -0.05) is 36.9 Å². The zero-order valence-corrected chi connectivity index (χ0v) is 14.8. The van der Waals surface area contributed by atoms with E-state index in [9.17, 15) is 4.79 Å². The Bertz CT molecular complexity index is 638. The van der Waals surface area contributed by atoms with Crippen LogP contribution in [-0.4, -0.2) is 65.6 Å². The minimum atomic E-state index is -0.0147. The van der Waals surface area contributed by atoms with Crippen LogP contribution in [0.4, 0.5) is 0 Å². The van der Waals surface area contributed by atoms with E-state index in [0.29, 0.717) is 10.9 Å². The summed E-state index contributed by atoms with van der Waals surface area (Å²) < 4.78 is 0. The molecule has 3 rings (SSSR count). The average Bonchev–Trinajstić information content (AvgIpc) is 3.01. The standard InChI is InChI=1S/C17H23N5OS/c1-2-21-6-8-22(9-7-21)12-15-5-3-4-14(10-15)11-18-20-17-19-16(23)13-24-17/h3-5,10-11H,2,6-9,12-13H2,1H3,(H,19,20,23). The SMILES string of the molecule is CCN1CCN(Cc2cccc(C=NN=C3NC(=O)CS3)c2)CC1. The maximum absolute atomic E-state index is 11.1. The predicted molar refractivity (Wildman–Crippen MR) is 99.5 cm³/mol. The van der Waals surface area contributed by atoms with Crippen molar-refractivity contribution in [3.63, 3.8) is 0 Å². The molecule has 0 saturated carbocycles. The highest BCUT2D eigenvalue weighted by atomic mass is 32.2. The van der Waals surface area contributed by atoms with Crippen molar-refractivity contribution in [2.75, 3.05) is 38.5 Å². The lowest BCUT2D eigenvalue weighted by atomic mass is 10.1. The summed E-state index contributed by atoms with van der Waals surface area (Å²) in [6, 6.07) is 8.37. The number of amides is 1. The molecule has 24 heavy (non-hydrogen) atoms. The fraction of sp³-hybridized carbons (Fsp3) is 0.471. The van der Waals surface area contributed by atoms with Crippen LogP contribution in [0.2, 0.25) is 0 Å². The second-order valence-corrected chi connectivity index (χ2v) is 6.91. The van der Waals surface area contributed by atoms with E-state index < -0.39 is 0 Å². The van der Waals surface area contributed by atoms with Crippen molar-refractivity contribution in [3.05, 3.63) is 35.4 Å². The zero-order chi connectivity index (χ0) is 16.8. The molecule has 2 fully saturated rings. The van der Waals surface area contributed by atoms with E-state index >= 15 is 0 Å². The number of hydrogen-bond donors (Lipinski definition) is 1. The topological polar surface area (TPSA) is 60.3 Å². The number of piperazine rings is 1. The molecule has 2 aliphatic rings. The van der Waals surface area contributed by atoms with Gasteiger partial charge < -0.3 is 10.2 Å². The van der Waals surface area contributed by atoms with Crippen molar-refractivity contribution >= 4 is 29.1 Å². The number of benzene rings is 1. The minimum absolute atomic E-state index is 0.0147. The van der Waals surface area contributed by atoms with E-state index in [4.69, 9.17) is 0 Å². The first-order valence-electron chi connectivity index (χ1n) is 8.30. The van der Waals surface area contributed by atoms with Gasteiger partial charge in [0.15, 0.2) is 5.17 Å². The number of nitrogens with one attached hydrogen (secondary N) is 1. The Morgan fingerprint density at radius 3 is 2.75 bits per heavy atom. The molecule has 0 spiro atoms. The number of amidine groups is 1.